The van der Waals surface area contributed by atoms with Crippen LogP contribution in [0.2, 0.25) is 0 Å². The molecule has 2 nitrogen and oxygen atoms in total. The van der Waals surface area contributed by atoms with Crippen LogP contribution in [0.4, 0.5) is 17.1 Å². The highest BCUT2D eigenvalue weighted by atomic mass is 32.2. The number of para-hydroxylation sites is 2. The fourth-order valence-electron chi connectivity index (χ4n) is 5.07. The van der Waals surface area contributed by atoms with Crippen molar-refractivity contribution in [3.63, 3.8) is 0 Å². The number of furan rings is 1. The molecule has 1 aliphatic rings. The van der Waals surface area contributed by atoms with Crippen molar-refractivity contribution in [2.45, 2.75) is 23.6 Å². The standard InChI is InChI=1S/C32H23NOS/c1-20-10-16-27-30(18-20)35-31-19-21(2)11-17-28(31)33(27)23-14-12-22(13-15-23)24-7-5-8-26-25-6-3-4-9-29(25)34-32(24)26/h3-19H,1-2H3. The monoisotopic (exact) mass is 469 g/mol. The molecule has 0 radical (unpaired) electrons. The van der Waals surface area contributed by atoms with E-state index in [9.17, 15) is 0 Å². The van der Waals surface area contributed by atoms with Gasteiger partial charge in [-0.1, -0.05) is 72.4 Å². The van der Waals surface area contributed by atoms with Gasteiger partial charge in [0.05, 0.1) is 11.4 Å². The van der Waals surface area contributed by atoms with Crippen LogP contribution in [0, 0.1) is 13.8 Å². The number of rotatable bonds is 2. The molecule has 3 heteroatoms. The van der Waals surface area contributed by atoms with Gasteiger partial charge in [-0.05, 0) is 73.0 Å². The highest BCUT2D eigenvalue weighted by molar-refractivity contribution is 7.99. The van der Waals surface area contributed by atoms with Crippen LogP contribution < -0.4 is 4.90 Å². The summed E-state index contributed by atoms with van der Waals surface area (Å²) < 4.78 is 6.29. The molecule has 0 amide bonds. The smallest absolute Gasteiger partial charge is 0.143 e. The molecule has 35 heavy (non-hydrogen) atoms. The molecule has 1 aliphatic heterocycles. The first kappa shape index (κ1) is 20.4. The summed E-state index contributed by atoms with van der Waals surface area (Å²) in [5, 5.41) is 2.31. The summed E-state index contributed by atoms with van der Waals surface area (Å²) in [5.74, 6) is 0. The van der Waals surface area contributed by atoms with Gasteiger partial charge in [-0.3, -0.25) is 0 Å². The van der Waals surface area contributed by atoms with Gasteiger partial charge in [0, 0.05) is 31.8 Å². The molecule has 1 aromatic heterocycles. The molecule has 0 spiro atoms. The topological polar surface area (TPSA) is 16.4 Å². The minimum absolute atomic E-state index is 0.927. The van der Waals surface area contributed by atoms with E-state index >= 15 is 0 Å². The van der Waals surface area contributed by atoms with E-state index in [1.54, 1.807) is 0 Å². The minimum atomic E-state index is 0.927. The normalized spacial score (nSPS) is 12.7. The molecule has 6 aromatic rings. The molecule has 0 fully saturated rings. The van der Waals surface area contributed by atoms with Gasteiger partial charge < -0.3 is 9.32 Å². The van der Waals surface area contributed by atoms with Crippen molar-refractivity contribution in [1.82, 2.24) is 0 Å². The number of nitrogens with zero attached hydrogens (tertiary/aromatic N) is 1. The maximum Gasteiger partial charge on any atom is 0.143 e. The van der Waals surface area contributed by atoms with Gasteiger partial charge in [-0.2, -0.15) is 0 Å². The zero-order chi connectivity index (χ0) is 23.5. The van der Waals surface area contributed by atoms with E-state index in [-0.39, 0.29) is 0 Å². The summed E-state index contributed by atoms with van der Waals surface area (Å²) in [5.41, 5.74) is 10.3. The molecule has 2 heterocycles. The molecular weight excluding hydrogens is 446 g/mol. The molecular formula is C32H23NOS. The summed E-state index contributed by atoms with van der Waals surface area (Å²) in [7, 11) is 0. The van der Waals surface area contributed by atoms with Crippen LogP contribution in [0.15, 0.2) is 117 Å². The van der Waals surface area contributed by atoms with E-state index in [1.165, 1.54) is 32.3 Å². The Morgan fingerprint density at radius 3 is 2.00 bits per heavy atom. The lowest BCUT2D eigenvalue weighted by molar-refractivity contribution is 0.670. The zero-order valence-corrected chi connectivity index (χ0v) is 20.4. The van der Waals surface area contributed by atoms with Crippen LogP contribution in [-0.2, 0) is 0 Å². The summed E-state index contributed by atoms with van der Waals surface area (Å²) >= 11 is 1.86. The van der Waals surface area contributed by atoms with Gasteiger partial charge in [0.25, 0.3) is 0 Å². The minimum Gasteiger partial charge on any atom is -0.455 e. The van der Waals surface area contributed by atoms with Gasteiger partial charge >= 0.3 is 0 Å². The predicted octanol–water partition coefficient (Wildman–Crippen LogP) is 9.80. The predicted molar refractivity (Wildman–Crippen MR) is 147 cm³/mol. The SMILES string of the molecule is Cc1ccc2c(c1)Sc1cc(C)ccc1N2c1ccc(-c2cccc3c2oc2ccccc23)cc1. The van der Waals surface area contributed by atoms with Crippen molar-refractivity contribution in [3.8, 4) is 11.1 Å². The first-order valence-electron chi connectivity index (χ1n) is 11.9. The third-order valence-corrected chi connectivity index (χ3v) is 7.87. The van der Waals surface area contributed by atoms with Gasteiger partial charge in [0.2, 0.25) is 0 Å². The lowest BCUT2D eigenvalue weighted by Crippen LogP contribution is -2.15. The molecule has 0 bridgehead atoms. The fraction of sp³-hybridized carbons (Fsp3) is 0.0625. The Morgan fingerprint density at radius 1 is 0.629 bits per heavy atom. The van der Waals surface area contributed by atoms with Crippen LogP contribution in [0.3, 0.4) is 0 Å². The van der Waals surface area contributed by atoms with Crippen LogP contribution in [0.5, 0.6) is 0 Å². The molecule has 0 unspecified atom stereocenters. The van der Waals surface area contributed by atoms with Crippen molar-refractivity contribution < 1.29 is 4.42 Å². The second-order valence-corrected chi connectivity index (χ2v) is 10.3. The van der Waals surface area contributed by atoms with E-state index < -0.39 is 0 Å². The number of hydrogen-bond donors (Lipinski definition) is 0. The van der Waals surface area contributed by atoms with E-state index in [1.807, 2.05) is 23.9 Å². The Hall–Kier alpha value is -3.95. The van der Waals surface area contributed by atoms with Crippen LogP contribution in [0.1, 0.15) is 11.1 Å². The first-order valence-corrected chi connectivity index (χ1v) is 12.7. The summed E-state index contributed by atoms with van der Waals surface area (Å²) in [6.45, 7) is 4.31. The Bertz CT molecular complexity index is 1690. The second kappa shape index (κ2) is 7.79. The number of fused-ring (bicyclic) bond motifs is 5. The average Bonchev–Trinajstić information content (AvgIpc) is 3.26. The second-order valence-electron chi connectivity index (χ2n) is 9.21. The van der Waals surface area contributed by atoms with Crippen molar-refractivity contribution in [2.75, 3.05) is 4.90 Å². The van der Waals surface area contributed by atoms with Crippen LogP contribution >= 0.6 is 11.8 Å². The maximum absolute atomic E-state index is 6.29. The van der Waals surface area contributed by atoms with Crippen molar-refractivity contribution in [1.29, 1.82) is 0 Å². The summed E-state index contributed by atoms with van der Waals surface area (Å²) in [6.07, 6.45) is 0. The molecule has 0 atom stereocenters. The van der Waals surface area contributed by atoms with Gasteiger partial charge in [0.1, 0.15) is 11.2 Å². The van der Waals surface area contributed by atoms with Crippen LogP contribution in [-0.4, -0.2) is 0 Å². The van der Waals surface area contributed by atoms with E-state index in [2.05, 4.69) is 110 Å². The highest BCUT2D eigenvalue weighted by Gasteiger charge is 2.25. The quantitative estimate of drug-likeness (QED) is 0.251. The lowest BCUT2D eigenvalue weighted by Gasteiger charge is -2.33. The van der Waals surface area contributed by atoms with E-state index in [0.717, 1.165) is 38.8 Å². The van der Waals surface area contributed by atoms with E-state index in [0.29, 0.717) is 0 Å². The number of aryl methyl sites for hydroxylation is 2. The molecule has 168 valence electrons. The zero-order valence-electron chi connectivity index (χ0n) is 19.6. The van der Waals surface area contributed by atoms with Gasteiger partial charge in [-0.15, -0.1) is 0 Å². The van der Waals surface area contributed by atoms with Crippen molar-refractivity contribution in [2.24, 2.45) is 0 Å². The highest BCUT2D eigenvalue weighted by Crippen LogP contribution is 2.52. The molecule has 0 saturated heterocycles. The Labute approximate surface area is 208 Å². The molecule has 0 N–H and O–H groups in total. The van der Waals surface area contributed by atoms with Crippen molar-refractivity contribution in [3.05, 3.63) is 114 Å². The molecule has 5 aromatic carbocycles. The Balaban J connectivity index is 1.36. The van der Waals surface area contributed by atoms with Crippen molar-refractivity contribution >= 4 is 50.8 Å². The first-order chi connectivity index (χ1) is 17.2. The molecule has 7 rings (SSSR count). The van der Waals surface area contributed by atoms with E-state index in [4.69, 9.17) is 4.42 Å². The Morgan fingerprint density at radius 2 is 1.29 bits per heavy atom. The number of hydrogen-bond acceptors (Lipinski definition) is 3. The summed E-state index contributed by atoms with van der Waals surface area (Å²) in [4.78, 5) is 4.96. The van der Waals surface area contributed by atoms with Gasteiger partial charge in [-0.25, -0.2) is 0 Å². The average molecular weight is 470 g/mol. The maximum atomic E-state index is 6.29. The third kappa shape index (κ3) is 3.27. The van der Waals surface area contributed by atoms with Gasteiger partial charge in [0.15, 0.2) is 0 Å². The van der Waals surface area contributed by atoms with Crippen LogP contribution in [0.25, 0.3) is 33.1 Å². The lowest BCUT2D eigenvalue weighted by atomic mass is 10.0. The Kier molecular flexibility index (Phi) is 4.55. The third-order valence-electron chi connectivity index (χ3n) is 6.77. The molecule has 0 aliphatic carbocycles. The fourth-order valence-corrected chi connectivity index (χ4v) is 6.32. The molecule has 0 saturated carbocycles. The summed E-state index contributed by atoms with van der Waals surface area (Å²) in [6, 6.07) is 37.0. The largest absolute Gasteiger partial charge is 0.455 e. The number of anilines is 3. The number of benzene rings is 5.